The molecule has 0 atom stereocenters. The normalized spacial score (nSPS) is 10.1. The molecule has 1 aromatic rings. The molecule has 0 fully saturated rings. The van der Waals surface area contributed by atoms with Gasteiger partial charge < -0.3 is 9.47 Å². The van der Waals surface area contributed by atoms with Gasteiger partial charge in [0.05, 0.1) is 19.8 Å². The second-order valence-corrected chi connectivity index (χ2v) is 4.64. The molecule has 0 spiro atoms. The van der Waals surface area contributed by atoms with Crippen LogP contribution in [0.2, 0.25) is 0 Å². The lowest BCUT2D eigenvalue weighted by atomic mass is 10.0. The molecule has 0 heterocycles. The maximum Gasteiger partial charge on any atom is 0.338 e. The highest BCUT2D eigenvalue weighted by molar-refractivity contribution is 5.90. The summed E-state index contributed by atoms with van der Waals surface area (Å²) in [6.45, 7) is 0. The number of esters is 2. The van der Waals surface area contributed by atoms with Gasteiger partial charge in [0, 0.05) is 6.42 Å². The van der Waals surface area contributed by atoms with Crippen LogP contribution in [-0.2, 0) is 20.7 Å². The molecule has 0 aromatic heterocycles. The van der Waals surface area contributed by atoms with Crippen molar-refractivity contribution in [1.82, 2.24) is 0 Å². The van der Waals surface area contributed by atoms with Gasteiger partial charge in [-0.3, -0.25) is 4.79 Å². The lowest BCUT2D eigenvalue weighted by molar-refractivity contribution is -0.140. The van der Waals surface area contributed by atoms with Gasteiger partial charge in [0.15, 0.2) is 0 Å². The number of unbranched alkanes of at least 4 members (excludes halogenated alkanes) is 3. The van der Waals surface area contributed by atoms with E-state index in [-0.39, 0.29) is 11.9 Å². The summed E-state index contributed by atoms with van der Waals surface area (Å²) in [5.74, 6) is -0.438. The average Bonchev–Trinajstić information content (AvgIpc) is 2.50. The molecule has 0 aliphatic heterocycles. The summed E-state index contributed by atoms with van der Waals surface area (Å²) in [6.07, 6.45) is 5.21. The Morgan fingerprint density at radius 3 is 2.35 bits per heavy atom. The number of carbonyl (C=O) groups is 2. The van der Waals surface area contributed by atoms with E-state index in [1.807, 2.05) is 18.2 Å². The van der Waals surface area contributed by atoms with E-state index in [0.29, 0.717) is 12.0 Å². The molecule has 0 aliphatic rings. The summed E-state index contributed by atoms with van der Waals surface area (Å²) in [7, 11) is 2.80. The third-order valence-electron chi connectivity index (χ3n) is 3.23. The first-order chi connectivity index (χ1) is 9.69. The lowest BCUT2D eigenvalue weighted by Gasteiger charge is -2.07. The minimum Gasteiger partial charge on any atom is -0.469 e. The molecule has 0 radical (unpaired) electrons. The van der Waals surface area contributed by atoms with E-state index in [1.165, 1.54) is 14.2 Å². The number of hydrogen-bond acceptors (Lipinski definition) is 4. The van der Waals surface area contributed by atoms with Crippen LogP contribution in [0.25, 0.3) is 0 Å². The van der Waals surface area contributed by atoms with Gasteiger partial charge in [-0.1, -0.05) is 31.0 Å². The van der Waals surface area contributed by atoms with E-state index < -0.39 is 0 Å². The SMILES string of the molecule is COC(=O)CCCCCCc1ccccc1C(=O)OC. The Kier molecular flexibility index (Phi) is 7.40. The molecule has 110 valence electrons. The second-order valence-electron chi connectivity index (χ2n) is 4.64. The summed E-state index contributed by atoms with van der Waals surface area (Å²) in [5, 5.41) is 0. The molecular formula is C16H22O4. The Hall–Kier alpha value is -1.84. The third kappa shape index (κ3) is 5.43. The molecule has 0 N–H and O–H groups in total. The summed E-state index contributed by atoms with van der Waals surface area (Å²) in [6, 6.07) is 7.52. The maximum absolute atomic E-state index is 11.6. The van der Waals surface area contributed by atoms with E-state index >= 15 is 0 Å². The van der Waals surface area contributed by atoms with Crippen molar-refractivity contribution in [3.05, 3.63) is 35.4 Å². The Morgan fingerprint density at radius 1 is 0.950 bits per heavy atom. The van der Waals surface area contributed by atoms with E-state index in [4.69, 9.17) is 4.74 Å². The highest BCUT2D eigenvalue weighted by Gasteiger charge is 2.10. The van der Waals surface area contributed by atoms with E-state index in [9.17, 15) is 9.59 Å². The van der Waals surface area contributed by atoms with Crippen LogP contribution in [0.4, 0.5) is 0 Å². The van der Waals surface area contributed by atoms with Crippen LogP contribution in [0, 0.1) is 0 Å². The van der Waals surface area contributed by atoms with Crippen LogP contribution in [0.15, 0.2) is 24.3 Å². The first kappa shape index (κ1) is 16.2. The molecule has 0 saturated heterocycles. The molecule has 0 unspecified atom stereocenters. The van der Waals surface area contributed by atoms with Crippen LogP contribution in [0.3, 0.4) is 0 Å². The zero-order valence-electron chi connectivity index (χ0n) is 12.2. The molecular weight excluding hydrogens is 256 g/mol. The standard InChI is InChI=1S/C16H22O4/c1-19-15(17)12-6-4-3-5-9-13-10-7-8-11-14(13)16(18)20-2/h7-8,10-11H,3-6,9,12H2,1-2H3. The van der Waals surface area contributed by atoms with Crippen molar-refractivity contribution in [2.24, 2.45) is 0 Å². The molecule has 4 nitrogen and oxygen atoms in total. The van der Waals surface area contributed by atoms with E-state index in [2.05, 4.69) is 4.74 Å². The number of aryl methyl sites for hydroxylation is 1. The number of benzene rings is 1. The summed E-state index contributed by atoms with van der Waals surface area (Å²) in [4.78, 5) is 22.5. The third-order valence-corrected chi connectivity index (χ3v) is 3.23. The summed E-state index contributed by atoms with van der Waals surface area (Å²) in [5.41, 5.74) is 1.66. The number of carbonyl (C=O) groups excluding carboxylic acids is 2. The van der Waals surface area contributed by atoms with Gasteiger partial charge in [-0.2, -0.15) is 0 Å². The fraction of sp³-hybridized carbons (Fsp3) is 0.500. The first-order valence-corrected chi connectivity index (χ1v) is 6.92. The Bertz CT molecular complexity index is 440. The monoisotopic (exact) mass is 278 g/mol. The van der Waals surface area contributed by atoms with Gasteiger partial charge in [0.1, 0.15) is 0 Å². The van der Waals surface area contributed by atoms with Crippen molar-refractivity contribution in [3.8, 4) is 0 Å². The highest BCUT2D eigenvalue weighted by atomic mass is 16.5. The fourth-order valence-electron chi connectivity index (χ4n) is 2.09. The summed E-state index contributed by atoms with van der Waals surface area (Å²) < 4.78 is 9.36. The van der Waals surface area contributed by atoms with E-state index in [0.717, 1.165) is 37.7 Å². The van der Waals surface area contributed by atoms with Crippen LogP contribution in [0.1, 0.15) is 48.0 Å². The zero-order valence-corrected chi connectivity index (χ0v) is 12.2. The summed E-state index contributed by atoms with van der Waals surface area (Å²) >= 11 is 0. The Labute approximate surface area is 120 Å². The molecule has 0 amide bonds. The van der Waals surface area contributed by atoms with Crippen molar-refractivity contribution in [2.45, 2.75) is 38.5 Å². The molecule has 0 saturated carbocycles. The maximum atomic E-state index is 11.6. The predicted octanol–water partition coefficient (Wildman–Crippen LogP) is 3.14. The van der Waals surface area contributed by atoms with Crippen molar-refractivity contribution in [1.29, 1.82) is 0 Å². The molecule has 1 rings (SSSR count). The minimum atomic E-state index is -0.286. The van der Waals surface area contributed by atoms with Gasteiger partial charge in [-0.15, -0.1) is 0 Å². The molecule has 0 bridgehead atoms. The van der Waals surface area contributed by atoms with Crippen LogP contribution < -0.4 is 0 Å². The van der Waals surface area contributed by atoms with Crippen molar-refractivity contribution < 1.29 is 19.1 Å². The average molecular weight is 278 g/mol. The van der Waals surface area contributed by atoms with Crippen molar-refractivity contribution >= 4 is 11.9 Å². The molecule has 4 heteroatoms. The van der Waals surface area contributed by atoms with Gasteiger partial charge >= 0.3 is 11.9 Å². The van der Waals surface area contributed by atoms with Crippen LogP contribution >= 0.6 is 0 Å². The fourth-order valence-corrected chi connectivity index (χ4v) is 2.09. The topological polar surface area (TPSA) is 52.6 Å². The van der Waals surface area contributed by atoms with Crippen molar-refractivity contribution in [3.63, 3.8) is 0 Å². The largest absolute Gasteiger partial charge is 0.469 e. The smallest absolute Gasteiger partial charge is 0.338 e. The van der Waals surface area contributed by atoms with Crippen LogP contribution in [0.5, 0.6) is 0 Å². The number of ether oxygens (including phenoxy) is 2. The first-order valence-electron chi connectivity index (χ1n) is 6.92. The number of methoxy groups -OCH3 is 2. The van der Waals surface area contributed by atoms with Gasteiger partial charge in [0.25, 0.3) is 0 Å². The van der Waals surface area contributed by atoms with Gasteiger partial charge in [-0.05, 0) is 30.9 Å². The predicted molar refractivity (Wildman–Crippen MR) is 76.6 cm³/mol. The zero-order chi connectivity index (χ0) is 14.8. The second kappa shape index (κ2) is 9.13. The Balaban J connectivity index is 2.32. The highest BCUT2D eigenvalue weighted by Crippen LogP contribution is 2.14. The van der Waals surface area contributed by atoms with Gasteiger partial charge in [0.2, 0.25) is 0 Å². The molecule has 1 aromatic carbocycles. The number of hydrogen-bond donors (Lipinski definition) is 0. The molecule has 0 aliphatic carbocycles. The van der Waals surface area contributed by atoms with E-state index in [1.54, 1.807) is 6.07 Å². The Morgan fingerprint density at radius 2 is 1.65 bits per heavy atom. The quantitative estimate of drug-likeness (QED) is 0.541. The molecule has 20 heavy (non-hydrogen) atoms. The van der Waals surface area contributed by atoms with Gasteiger partial charge in [-0.25, -0.2) is 4.79 Å². The minimum absolute atomic E-state index is 0.152. The van der Waals surface area contributed by atoms with Crippen molar-refractivity contribution in [2.75, 3.05) is 14.2 Å². The lowest BCUT2D eigenvalue weighted by Crippen LogP contribution is -2.05. The number of rotatable bonds is 8. The van der Waals surface area contributed by atoms with Crippen LogP contribution in [-0.4, -0.2) is 26.2 Å².